The van der Waals surface area contributed by atoms with Crippen molar-refractivity contribution in [1.29, 1.82) is 0 Å². The van der Waals surface area contributed by atoms with Crippen molar-refractivity contribution in [3.63, 3.8) is 0 Å². The second-order valence-electron chi connectivity index (χ2n) is 3.33. The lowest BCUT2D eigenvalue weighted by Gasteiger charge is -2.04. The number of carbonyl (C=O) groups excluding carboxylic acids is 1. The molecule has 0 radical (unpaired) electrons. The van der Waals surface area contributed by atoms with Crippen LogP contribution in [0.4, 0.5) is 0 Å². The third-order valence-corrected chi connectivity index (χ3v) is 2.20. The van der Waals surface area contributed by atoms with Gasteiger partial charge >= 0.3 is 12.0 Å². The van der Waals surface area contributed by atoms with E-state index in [4.69, 9.17) is 9.47 Å². The Morgan fingerprint density at radius 2 is 1.50 bits per heavy atom. The summed E-state index contributed by atoms with van der Waals surface area (Å²) in [5, 5.41) is 0. The third-order valence-electron chi connectivity index (χ3n) is 2.20. The maximum Gasteiger partial charge on any atom is 0.323 e. The van der Waals surface area contributed by atoms with Crippen LogP contribution in [-0.2, 0) is 0 Å². The topological polar surface area (TPSA) is 74.2 Å². The molecule has 0 N–H and O–H groups in total. The van der Waals surface area contributed by atoms with Crippen LogP contribution in [0.15, 0.2) is 30.3 Å². The molecular weight excluding hydrogens is 234 g/mol. The van der Waals surface area contributed by atoms with Crippen LogP contribution < -0.4 is 9.47 Å². The number of nitrogens with zero attached hydrogens (tertiary/aromatic N) is 3. The highest BCUT2D eigenvalue weighted by molar-refractivity contribution is 6.06. The first-order chi connectivity index (χ1) is 8.74. The molecule has 0 aliphatic carbocycles. The van der Waals surface area contributed by atoms with Gasteiger partial charge < -0.3 is 9.47 Å². The van der Waals surface area contributed by atoms with E-state index >= 15 is 0 Å². The van der Waals surface area contributed by atoms with Gasteiger partial charge in [0.15, 0.2) is 0 Å². The highest BCUT2D eigenvalue weighted by Gasteiger charge is 2.16. The fraction of sp³-hybridized carbons (Fsp3) is 0.167. The zero-order valence-corrected chi connectivity index (χ0v) is 9.95. The zero-order valence-electron chi connectivity index (χ0n) is 9.95. The first-order valence-electron chi connectivity index (χ1n) is 5.18. The van der Waals surface area contributed by atoms with E-state index in [-0.39, 0.29) is 23.6 Å². The molecule has 0 amide bonds. The van der Waals surface area contributed by atoms with Crippen LogP contribution in [-0.4, -0.2) is 35.0 Å². The molecule has 0 spiro atoms. The van der Waals surface area contributed by atoms with Gasteiger partial charge in [-0.2, -0.15) is 9.97 Å². The molecule has 6 heteroatoms. The molecule has 1 heterocycles. The molecule has 0 aliphatic rings. The van der Waals surface area contributed by atoms with Gasteiger partial charge in [-0.05, 0) is 0 Å². The molecule has 6 nitrogen and oxygen atoms in total. The van der Waals surface area contributed by atoms with Crippen LogP contribution in [0.3, 0.4) is 0 Å². The third kappa shape index (κ3) is 2.42. The van der Waals surface area contributed by atoms with Crippen LogP contribution >= 0.6 is 0 Å². The van der Waals surface area contributed by atoms with Crippen molar-refractivity contribution in [2.45, 2.75) is 0 Å². The number of methoxy groups -OCH3 is 2. The molecule has 2 aromatic rings. The predicted molar refractivity (Wildman–Crippen MR) is 62.8 cm³/mol. The monoisotopic (exact) mass is 245 g/mol. The molecular formula is C12H11N3O3. The van der Waals surface area contributed by atoms with Crippen molar-refractivity contribution in [3.05, 3.63) is 41.7 Å². The summed E-state index contributed by atoms with van der Waals surface area (Å²) < 4.78 is 9.78. The molecule has 0 aliphatic heterocycles. The molecule has 0 saturated carbocycles. The second-order valence-corrected chi connectivity index (χ2v) is 3.33. The highest BCUT2D eigenvalue weighted by atomic mass is 16.5. The molecule has 0 saturated heterocycles. The van der Waals surface area contributed by atoms with E-state index in [0.717, 1.165) is 0 Å². The molecule has 18 heavy (non-hydrogen) atoms. The van der Waals surface area contributed by atoms with Crippen molar-refractivity contribution >= 4 is 5.78 Å². The Morgan fingerprint density at radius 3 is 2.00 bits per heavy atom. The number of aromatic nitrogens is 3. The minimum Gasteiger partial charge on any atom is -0.467 e. The second kappa shape index (κ2) is 5.22. The Balaban J connectivity index is 2.41. The Labute approximate surface area is 104 Å². The summed E-state index contributed by atoms with van der Waals surface area (Å²) in [6.45, 7) is 0. The Kier molecular flexibility index (Phi) is 3.47. The maximum atomic E-state index is 12.1. The van der Waals surface area contributed by atoms with E-state index in [9.17, 15) is 4.79 Å². The molecule has 1 aromatic carbocycles. The zero-order chi connectivity index (χ0) is 13.0. The summed E-state index contributed by atoms with van der Waals surface area (Å²) in [6, 6.07) is 8.81. The van der Waals surface area contributed by atoms with Crippen molar-refractivity contribution in [2.75, 3.05) is 14.2 Å². The first-order valence-corrected chi connectivity index (χ1v) is 5.18. The van der Waals surface area contributed by atoms with Gasteiger partial charge in [-0.1, -0.05) is 30.3 Å². The van der Waals surface area contributed by atoms with E-state index in [1.54, 1.807) is 24.3 Å². The highest BCUT2D eigenvalue weighted by Crippen LogP contribution is 2.12. The average molecular weight is 245 g/mol. The van der Waals surface area contributed by atoms with E-state index in [1.165, 1.54) is 14.2 Å². The Bertz CT molecular complexity index is 535. The summed E-state index contributed by atoms with van der Waals surface area (Å²) in [7, 11) is 2.82. The van der Waals surface area contributed by atoms with Gasteiger partial charge in [0, 0.05) is 5.56 Å². The van der Waals surface area contributed by atoms with Crippen molar-refractivity contribution in [3.8, 4) is 12.0 Å². The van der Waals surface area contributed by atoms with Gasteiger partial charge in [-0.3, -0.25) is 4.79 Å². The Morgan fingerprint density at radius 1 is 0.944 bits per heavy atom. The summed E-state index contributed by atoms with van der Waals surface area (Å²) in [4.78, 5) is 23.8. The minimum atomic E-state index is -0.311. The molecule has 1 aromatic heterocycles. The van der Waals surface area contributed by atoms with Gasteiger partial charge in [0.2, 0.25) is 11.6 Å². The van der Waals surface area contributed by atoms with Gasteiger partial charge in [-0.15, -0.1) is 4.98 Å². The SMILES string of the molecule is COc1nc(OC)nc(C(=O)c2ccccc2)n1. The molecule has 92 valence electrons. The summed E-state index contributed by atoms with van der Waals surface area (Å²) in [5.41, 5.74) is 0.493. The number of rotatable bonds is 4. The largest absolute Gasteiger partial charge is 0.467 e. The number of hydrogen-bond acceptors (Lipinski definition) is 6. The Hall–Kier alpha value is -2.50. The van der Waals surface area contributed by atoms with Crippen molar-refractivity contribution < 1.29 is 14.3 Å². The average Bonchev–Trinajstić information content (AvgIpc) is 2.46. The first kappa shape index (κ1) is 12.0. The van der Waals surface area contributed by atoms with Gasteiger partial charge in [0.25, 0.3) is 0 Å². The number of carbonyl (C=O) groups is 1. The van der Waals surface area contributed by atoms with E-state index in [2.05, 4.69) is 15.0 Å². The van der Waals surface area contributed by atoms with Crippen LogP contribution in [0, 0.1) is 0 Å². The van der Waals surface area contributed by atoms with Crippen LogP contribution in [0.5, 0.6) is 12.0 Å². The van der Waals surface area contributed by atoms with Crippen LogP contribution in [0.2, 0.25) is 0 Å². The summed E-state index contributed by atoms with van der Waals surface area (Å²) in [5.74, 6) is -0.320. The number of benzene rings is 1. The predicted octanol–water partition coefficient (Wildman–Crippen LogP) is 1.12. The fourth-order valence-corrected chi connectivity index (χ4v) is 1.34. The lowest BCUT2D eigenvalue weighted by Crippen LogP contribution is -2.10. The fourth-order valence-electron chi connectivity index (χ4n) is 1.34. The van der Waals surface area contributed by atoms with Gasteiger partial charge in [-0.25, -0.2) is 0 Å². The smallest absolute Gasteiger partial charge is 0.323 e. The molecule has 2 rings (SSSR count). The van der Waals surface area contributed by atoms with E-state index in [0.29, 0.717) is 5.56 Å². The molecule has 0 bridgehead atoms. The lowest BCUT2D eigenvalue weighted by molar-refractivity contribution is 0.102. The molecule has 0 fully saturated rings. The van der Waals surface area contributed by atoms with Gasteiger partial charge in [0.05, 0.1) is 14.2 Å². The van der Waals surface area contributed by atoms with E-state index in [1.807, 2.05) is 6.07 Å². The standard InChI is InChI=1S/C12H11N3O3/c1-17-11-13-10(14-12(15-11)18-2)9(16)8-6-4-3-5-7-8/h3-7H,1-2H3. The minimum absolute atomic E-state index is 0.00935. The van der Waals surface area contributed by atoms with Crippen LogP contribution in [0.25, 0.3) is 0 Å². The van der Waals surface area contributed by atoms with Crippen molar-refractivity contribution in [2.24, 2.45) is 0 Å². The summed E-state index contributed by atoms with van der Waals surface area (Å²) >= 11 is 0. The number of hydrogen-bond donors (Lipinski definition) is 0. The van der Waals surface area contributed by atoms with Crippen molar-refractivity contribution in [1.82, 2.24) is 15.0 Å². The normalized spacial score (nSPS) is 9.89. The molecule has 0 atom stereocenters. The lowest BCUT2D eigenvalue weighted by atomic mass is 10.1. The quantitative estimate of drug-likeness (QED) is 0.751. The number of ketones is 1. The maximum absolute atomic E-state index is 12.1. The summed E-state index contributed by atoms with van der Waals surface area (Å²) in [6.07, 6.45) is 0. The van der Waals surface area contributed by atoms with E-state index < -0.39 is 0 Å². The van der Waals surface area contributed by atoms with Gasteiger partial charge in [0.1, 0.15) is 0 Å². The molecule has 0 unspecified atom stereocenters. The number of ether oxygens (including phenoxy) is 2. The van der Waals surface area contributed by atoms with Crippen LogP contribution in [0.1, 0.15) is 16.2 Å².